The summed E-state index contributed by atoms with van der Waals surface area (Å²) >= 11 is 0. The second-order valence-electron chi connectivity index (χ2n) is 4.41. The standard InChI is InChI=1S/C10H21NO2/c1-6-8(7-12)11(5)9(13)10(2,3)4/h8,12H,6-7H2,1-5H3/t8-/m0/s1. The van der Waals surface area contributed by atoms with Gasteiger partial charge in [-0.2, -0.15) is 0 Å². The zero-order chi connectivity index (χ0) is 10.6. The number of amides is 1. The summed E-state index contributed by atoms with van der Waals surface area (Å²) in [6.07, 6.45) is 0.787. The van der Waals surface area contributed by atoms with Crippen molar-refractivity contribution in [2.75, 3.05) is 13.7 Å². The summed E-state index contributed by atoms with van der Waals surface area (Å²) in [5, 5.41) is 9.02. The van der Waals surface area contributed by atoms with Crippen molar-refractivity contribution >= 4 is 5.91 Å². The highest BCUT2D eigenvalue weighted by Gasteiger charge is 2.28. The van der Waals surface area contributed by atoms with Crippen molar-refractivity contribution in [2.24, 2.45) is 5.41 Å². The van der Waals surface area contributed by atoms with E-state index < -0.39 is 0 Å². The highest BCUT2D eigenvalue weighted by molar-refractivity contribution is 5.81. The molecule has 1 amide bonds. The van der Waals surface area contributed by atoms with Crippen LogP contribution in [-0.2, 0) is 4.79 Å². The number of carbonyl (C=O) groups excluding carboxylic acids is 1. The van der Waals surface area contributed by atoms with Gasteiger partial charge in [0.2, 0.25) is 5.91 Å². The van der Waals surface area contributed by atoms with Gasteiger partial charge in [0.1, 0.15) is 0 Å². The fourth-order valence-corrected chi connectivity index (χ4v) is 1.22. The Balaban J connectivity index is 4.41. The summed E-state index contributed by atoms with van der Waals surface area (Å²) in [6.45, 7) is 7.66. The maximum Gasteiger partial charge on any atom is 0.228 e. The molecule has 3 nitrogen and oxygen atoms in total. The number of aliphatic hydroxyl groups excluding tert-OH is 1. The van der Waals surface area contributed by atoms with E-state index in [1.54, 1.807) is 11.9 Å². The molecule has 3 heteroatoms. The van der Waals surface area contributed by atoms with Crippen LogP contribution in [0.4, 0.5) is 0 Å². The number of aliphatic hydroxyl groups is 1. The first kappa shape index (κ1) is 12.4. The smallest absolute Gasteiger partial charge is 0.228 e. The molecule has 0 aliphatic rings. The largest absolute Gasteiger partial charge is 0.394 e. The summed E-state index contributed by atoms with van der Waals surface area (Å²) in [7, 11) is 1.75. The zero-order valence-electron chi connectivity index (χ0n) is 9.29. The molecule has 0 saturated heterocycles. The lowest BCUT2D eigenvalue weighted by molar-refractivity contribution is -0.141. The predicted octanol–water partition coefficient (Wildman–Crippen LogP) is 1.26. The minimum Gasteiger partial charge on any atom is -0.394 e. The van der Waals surface area contributed by atoms with Crippen molar-refractivity contribution < 1.29 is 9.90 Å². The van der Waals surface area contributed by atoms with Gasteiger partial charge in [0.05, 0.1) is 12.6 Å². The molecule has 0 aromatic carbocycles. The Hall–Kier alpha value is -0.570. The quantitative estimate of drug-likeness (QED) is 0.722. The van der Waals surface area contributed by atoms with Crippen molar-refractivity contribution in [3.05, 3.63) is 0 Å². The summed E-state index contributed by atoms with van der Waals surface area (Å²) in [6, 6.07) is -0.0493. The molecule has 0 aromatic rings. The van der Waals surface area contributed by atoms with E-state index in [1.165, 1.54) is 0 Å². The van der Waals surface area contributed by atoms with E-state index in [-0.39, 0.29) is 24.0 Å². The number of nitrogens with zero attached hydrogens (tertiary/aromatic N) is 1. The molecule has 1 atom stereocenters. The molecule has 0 saturated carbocycles. The van der Waals surface area contributed by atoms with E-state index in [1.807, 2.05) is 27.7 Å². The number of carbonyl (C=O) groups is 1. The van der Waals surface area contributed by atoms with E-state index >= 15 is 0 Å². The highest BCUT2D eigenvalue weighted by Crippen LogP contribution is 2.18. The molecule has 0 spiro atoms. The van der Waals surface area contributed by atoms with Gasteiger partial charge >= 0.3 is 0 Å². The number of hydrogen-bond donors (Lipinski definition) is 1. The van der Waals surface area contributed by atoms with Crippen LogP contribution < -0.4 is 0 Å². The van der Waals surface area contributed by atoms with Gasteiger partial charge < -0.3 is 10.0 Å². The molecule has 0 aliphatic heterocycles. The fourth-order valence-electron chi connectivity index (χ4n) is 1.22. The van der Waals surface area contributed by atoms with Gasteiger partial charge in [-0.05, 0) is 6.42 Å². The third kappa shape index (κ3) is 3.35. The SMILES string of the molecule is CC[C@@H](CO)N(C)C(=O)C(C)(C)C. The maximum atomic E-state index is 11.7. The van der Waals surface area contributed by atoms with Crippen LogP contribution in [0.3, 0.4) is 0 Å². The van der Waals surface area contributed by atoms with Crippen LogP contribution in [0.1, 0.15) is 34.1 Å². The molecule has 0 unspecified atom stereocenters. The zero-order valence-corrected chi connectivity index (χ0v) is 9.29. The maximum absolute atomic E-state index is 11.7. The van der Waals surface area contributed by atoms with Crippen LogP contribution in [0.15, 0.2) is 0 Å². The van der Waals surface area contributed by atoms with Crippen LogP contribution in [0.25, 0.3) is 0 Å². The second-order valence-corrected chi connectivity index (χ2v) is 4.41. The molecule has 0 bridgehead atoms. The van der Waals surface area contributed by atoms with Crippen molar-refractivity contribution in [3.63, 3.8) is 0 Å². The lowest BCUT2D eigenvalue weighted by Crippen LogP contribution is -2.44. The van der Waals surface area contributed by atoms with E-state index in [0.717, 1.165) is 6.42 Å². The Bertz CT molecular complexity index is 168. The Morgan fingerprint density at radius 3 is 2.15 bits per heavy atom. The molecule has 13 heavy (non-hydrogen) atoms. The molecule has 0 heterocycles. The minimum absolute atomic E-state index is 0.0365. The monoisotopic (exact) mass is 187 g/mol. The first-order valence-corrected chi connectivity index (χ1v) is 4.72. The van der Waals surface area contributed by atoms with Crippen molar-refractivity contribution in [1.82, 2.24) is 4.90 Å². The first-order chi connectivity index (χ1) is 5.84. The molecule has 0 aromatic heterocycles. The van der Waals surface area contributed by atoms with E-state index in [2.05, 4.69) is 0 Å². The van der Waals surface area contributed by atoms with E-state index in [0.29, 0.717) is 0 Å². The molecule has 78 valence electrons. The number of rotatable bonds is 3. The molecule has 1 N–H and O–H groups in total. The molecule has 0 fully saturated rings. The average molecular weight is 187 g/mol. The molecule has 0 aliphatic carbocycles. The van der Waals surface area contributed by atoms with Crippen molar-refractivity contribution in [2.45, 2.75) is 40.2 Å². The lowest BCUT2D eigenvalue weighted by Gasteiger charge is -2.31. The highest BCUT2D eigenvalue weighted by atomic mass is 16.3. The predicted molar refractivity (Wildman–Crippen MR) is 53.4 cm³/mol. The van der Waals surface area contributed by atoms with Gasteiger partial charge in [0.25, 0.3) is 0 Å². The van der Waals surface area contributed by atoms with Crippen LogP contribution in [0, 0.1) is 5.41 Å². The molecular formula is C10H21NO2. The van der Waals surface area contributed by atoms with E-state index in [9.17, 15) is 4.79 Å². The first-order valence-electron chi connectivity index (χ1n) is 4.72. The van der Waals surface area contributed by atoms with Gasteiger partial charge in [-0.15, -0.1) is 0 Å². The van der Waals surface area contributed by atoms with Crippen molar-refractivity contribution in [1.29, 1.82) is 0 Å². The number of likely N-dealkylation sites (N-methyl/N-ethyl adjacent to an activating group) is 1. The Labute approximate surface area is 80.7 Å². The average Bonchev–Trinajstić information content (AvgIpc) is 2.03. The summed E-state index contributed by atoms with van der Waals surface area (Å²) < 4.78 is 0. The van der Waals surface area contributed by atoms with Crippen LogP contribution in [0.5, 0.6) is 0 Å². The number of hydrogen-bond acceptors (Lipinski definition) is 2. The fraction of sp³-hybridized carbons (Fsp3) is 0.900. The summed E-state index contributed by atoms with van der Waals surface area (Å²) in [4.78, 5) is 13.4. The van der Waals surface area contributed by atoms with Gasteiger partial charge in [-0.1, -0.05) is 27.7 Å². The summed E-state index contributed by atoms with van der Waals surface area (Å²) in [5.41, 5.74) is -0.364. The third-order valence-corrected chi connectivity index (χ3v) is 2.19. The minimum atomic E-state index is -0.364. The van der Waals surface area contributed by atoms with E-state index in [4.69, 9.17) is 5.11 Å². The molecular weight excluding hydrogens is 166 g/mol. The summed E-state index contributed by atoms with van der Waals surface area (Å²) in [5.74, 6) is 0.0772. The molecule has 0 rings (SSSR count). The van der Waals surface area contributed by atoms with Crippen LogP contribution in [0.2, 0.25) is 0 Å². The van der Waals surface area contributed by atoms with Gasteiger partial charge in [0.15, 0.2) is 0 Å². The van der Waals surface area contributed by atoms with Crippen molar-refractivity contribution in [3.8, 4) is 0 Å². The van der Waals surface area contributed by atoms with Crippen LogP contribution >= 0.6 is 0 Å². The molecule has 0 radical (unpaired) electrons. The van der Waals surface area contributed by atoms with Crippen LogP contribution in [-0.4, -0.2) is 35.6 Å². The van der Waals surface area contributed by atoms with Gasteiger partial charge in [-0.3, -0.25) is 4.79 Å². The Morgan fingerprint density at radius 2 is 1.92 bits per heavy atom. The normalized spacial score (nSPS) is 14.0. The topological polar surface area (TPSA) is 40.5 Å². The third-order valence-electron chi connectivity index (χ3n) is 2.19. The van der Waals surface area contributed by atoms with Gasteiger partial charge in [-0.25, -0.2) is 0 Å². The Kier molecular flexibility index (Phi) is 4.40. The second kappa shape index (κ2) is 4.61. The van der Waals surface area contributed by atoms with Gasteiger partial charge in [0, 0.05) is 12.5 Å². The Morgan fingerprint density at radius 1 is 1.46 bits per heavy atom. The lowest BCUT2D eigenvalue weighted by atomic mass is 9.94.